The molecule has 0 unspecified atom stereocenters. The van der Waals surface area contributed by atoms with Crippen LogP contribution in [0.25, 0.3) is 0 Å². The summed E-state index contributed by atoms with van der Waals surface area (Å²) < 4.78 is 49.1. The number of hydrogen-bond acceptors (Lipinski definition) is 22. The van der Waals surface area contributed by atoms with Gasteiger partial charge in [0.15, 0.2) is 25.2 Å². The van der Waals surface area contributed by atoms with Crippen molar-refractivity contribution < 1.29 is 109 Å². The van der Waals surface area contributed by atoms with Gasteiger partial charge in [0, 0.05) is 0 Å². The van der Waals surface area contributed by atoms with Gasteiger partial charge in [-0.3, -0.25) is 0 Å². The highest BCUT2D eigenvalue weighted by molar-refractivity contribution is 5.19. The van der Waals surface area contributed by atoms with Crippen LogP contribution in [0.3, 0.4) is 0 Å². The van der Waals surface area contributed by atoms with Crippen molar-refractivity contribution in [1.82, 2.24) is 0 Å². The van der Waals surface area contributed by atoms with E-state index in [0.717, 1.165) is 50.5 Å². The SMILES string of the molecule is CC(C)=CCC[C@](C)(O[C@@H]1O[C@H](CO[C@@H]2O[C@H](CO)[C@@H](O)[C@H](O)[C@H]2O)[C@@H](O)[C@H](O)[C@H]1O)[C@H]1CC[C@]2(C)[C@@H]1CC[C@@H]1[C@@]3(C)CC[C@H](O[C@@H]4O[C@H](CO)[C@@H](O)[C@H](O)[C@H]4O[C@@H]4O[C@H](CO)[C@@H](O)[C@H](O)[C@H]4O)C(C)(C)[C@@H]3CC[C@]12C. The highest BCUT2D eigenvalue weighted by atomic mass is 16.8. The van der Waals surface area contributed by atoms with Gasteiger partial charge in [0.05, 0.1) is 38.1 Å². The Hall–Kier alpha value is -1.14. The van der Waals surface area contributed by atoms with Crippen molar-refractivity contribution in [3.8, 4) is 0 Å². The van der Waals surface area contributed by atoms with Gasteiger partial charge >= 0.3 is 0 Å². The van der Waals surface area contributed by atoms with Crippen molar-refractivity contribution in [3.05, 3.63) is 11.6 Å². The van der Waals surface area contributed by atoms with Crippen LogP contribution in [0.2, 0.25) is 0 Å². The van der Waals surface area contributed by atoms with Crippen molar-refractivity contribution in [3.63, 3.8) is 0 Å². The Morgan fingerprint density at radius 2 is 1.04 bits per heavy atom. The van der Waals surface area contributed by atoms with Crippen LogP contribution in [-0.4, -0.2) is 232 Å². The summed E-state index contributed by atoms with van der Waals surface area (Å²) in [4.78, 5) is 0. The third-order valence-electron chi connectivity index (χ3n) is 20.9. The molecule has 0 aromatic heterocycles. The smallest absolute Gasteiger partial charge is 0.187 e. The van der Waals surface area contributed by atoms with Crippen LogP contribution in [0.1, 0.15) is 120 Å². The molecular formula is C54H92O22. The van der Waals surface area contributed by atoms with Gasteiger partial charge in [-0.15, -0.1) is 0 Å². The third kappa shape index (κ3) is 10.7. The summed E-state index contributed by atoms with van der Waals surface area (Å²) in [5.74, 6) is 0.671. The molecule has 8 fully saturated rings. The lowest BCUT2D eigenvalue weighted by Gasteiger charge is -2.70. The van der Waals surface area contributed by atoms with Crippen LogP contribution >= 0.6 is 0 Å². The predicted molar refractivity (Wildman–Crippen MR) is 265 cm³/mol. The Labute approximate surface area is 445 Å². The van der Waals surface area contributed by atoms with Crippen LogP contribution in [0, 0.1) is 45.3 Å². The monoisotopic (exact) mass is 1090 g/mol. The molecule has 440 valence electrons. The van der Waals surface area contributed by atoms with Crippen LogP contribution in [0.15, 0.2) is 11.6 Å². The molecule has 0 bridgehead atoms. The van der Waals surface area contributed by atoms with Crippen LogP contribution in [-0.2, 0) is 37.9 Å². The summed E-state index contributed by atoms with van der Waals surface area (Å²) in [6.07, 6.45) is -21.2. The number of hydrogen-bond donors (Lipinski definition) is 14. The second kappa shape index (κ2) is 23.3. The maximum atomic E-state index is 11.5. The Bertz CT molecular complexity index is 1960. The average Bonchev–Trinajstić information content (AvgIpc) is 3.91. The number of aliphatic hydroxyl groups excluding tert-OH is 14. The summed E-state index contributed by atoms with van der Waals surface area (Å²) in [7, 11) is 0. The molecule has 4 saturated carbocycles. The number of fused-ring (bicyclic) bond motifs is 5. The number of allylic oxidation sites excluding steroid dienone is 2. The average molecular weight is 1090 g/mol. The summed E-state index contributed by atoms with van der Waals surface area (Å²) in [5, 5.41) is 149. The lowest BCUT2D eigenvalue weighted by molar-refractivity contribution is -0.378. The quantitative estimate of drug-likeness (QED) is 0.0639. The lowest BCUT2D eigenvalue weighted by Crippen LogP contribution is -2.67. The molecule has 22 nitrogen and oxygen atoms in total. The van der Waals surface area contributed by atoms with E-state index in [1.165, 1.54) is 0 Å². The van der Waals surface area contributed by atoms with Gasteiger partial charge in [-0.1, -0.05) is 46.3 Å². The van der Waals surface area contributed by atoms with Crippen molar-refractivity contribution >= 4 is 0 Å². The molecule has 4 aliphatic heterocycles. The molecule has 8 rings (SSSR count). The Balaban J connectivity index is 0.992. The molecule has 14 N–H and O–H groups in total. The third-order valence-corrected chi connectivity index (χ3v) is 20.9. The zero-order valence-corrected chi connectivity index (χ0v) is 45.4. The van der Waals surface area contributed by atoms with Crippen molar-refractivity contribution in [2.75, 3.05) is 26.4 Å². The second-order valence-corrected chi connectivity index (χ2v) is 25.6. The molecule has 4 heterocycles. The maximum Gasteiger partial charge on any atom is 0.187 e. The number of ether oxygens (including phenoxy) is 8. The van der Waals surface area contributed by atoms with Gasteiger partial charge < -0.3 is 109 Å². The van der Waals surface area contributed by atoms with E-state index in [0.29, 0.717) is 25.2 Å². The molecule has 0 aromatic rings. The van der Waals surface area contributed by atoms with E-state index >= 15 is 0 Å². The molecule has 0 amide bonds. The van der Waals surface area contributed by atoms with E-state index in [2.05, 4.69) is 47.6 Å². The minimum Gasteiger partial charge on any atom is -0.394 e. The fourth-order valence-corrected chi connectivity index (χ4v) is 16.3. The van der Waals surface area contributed by atoms with Crippen LogP contribution in [0.4, 0.5) is 0 Å². The summed E-state index contributed by atoms with van der Waals surface area (Å²) in [5.41, 5.74) is -0.631. The molecule has 8 aliphatic rings. The van der Waals surface area contributed by atoms with Gasteiger partial charge in [-0.05, 0) is 130 Å². The van der Waals surface area contributed by atoms with Gasteiger partial charge in [-0.2, -0.15) is 0 Å². The first-order valence-corrected chi connectivity index (χ1v) is 27.8. The second-order valence-electron chi connectivity index (χ2n) is 25.6. The molecule has 0 radical (unpaired) electrons. The topological polar surface area (TPSA) is 357 Å². The highest BCUT2D eigenvalue weighted by Gasteiger charge is 2.70. The normalized spacial score (nSPS) is 52.2. The van der Waals surface area contributed by atoms with Crippen molar-refractivity contribution in [2.45, 2.75) is 254 Å². The number of aliphatic hydroxyl groups is 14. The first kappa shape index (κ1) is 60.9. The molecule has 22 heteroatoms. The Kier molecular flexibility index (Phi) is 18.6. The van der Waals surface area contributed by atoms with Gasteiger partial charge in [0.2, 0.25) is 0 Å². The minimum absolute atomic E-state index is 0.000746. The van der Waals surface area contributed by atoms with Gasteiger partial charge in [0.25, 0.3) is 0 Å². The van der Waals surface area contributed by atoms with E-state index in [4.69, 9.17) is 37.9 Å². The molecule has 29 atom stereocenters. The Morgan fingerprint density at radius 1 is 0.526 bits per heavy atom. The van der Waals surface area contributed by atoms with E-state index in [9.17, 15) is 71.5 Å². The first-order valence-electron chi connectivity index (χ1n) is 27.8. The molecule has 4 saturated heterocycles. The van der Waals surface area contributed by atoms with Crippen LogP contribution in [0.5, 0.6) is 0 Å². The molecular weight excluding hydrogens is 1000 g/mol. The maximum absolute atomic E-state index is 11.5. The largest absolute Gasteiger partial charge is 0.394 e. The summed E-state index contributed by atoms with van der Waals surface area (Å²) >= 11 is 0. The molecule has 76 heavy (non-hydrogen) atoms. The minimum atomic E-state index is -1.79. The van der Waals surface area contributed by atoms with Gasteiger partial charge in [-0.25, -0.2) is 0 Å². The zero-order chi connectivity index (χ0) is 55.8. The molecule has 4 aliphatic carbocycles. The standard InChI is InChI=1S/C54H92O22/c1-24(2)10-9-16-54(8,76-48-44(68)40(64)37(61)30(73-48)23-69-46-42(66)38(62)34(58)27(20-55)70-46)26-13-18-52(6)25(26)11-12-32-51(5)17-15-33(50(3,4)31(51)14-19-53(32,52)7)74-49-45(41(65)36(60)29(22-57)72-49)75-47-43(67)39(63)35(59)28(21-56)71-47/h10,25-49,55-68H,9,11-23H2,1-8H3/t25-,26+,27-,28-,29-,30-,31+,32-,33+,34-,35-,36-,37-,38+,39+,40+,41+,42-,43-,44-,45-,46-,47+,48+,49+,51+,52-,53-,54+/m1/s1. The van der Waals surface area contributed by atoms with Gasteiger partial charge in [0.1, 0.15) is 97.7 Å². The number of rotatable bonds is 16. The first-order chi connectivity index (χ1) is 35.6. The van der Waals surface area contributed by atoms with E-state index in [-0.39, 0.29) is 34.0 Å². The predicted octanol–water partition coefficient (Wildman–Crippen LogP) is -1.17. The Morgan fingerprint density at radius 3 is 1.63 bits per heavy atom. The zero-order valence-electron chi connectivity index (χ0n) is 45.4. The summed E-state index contributed by atoms with van der Waals surface area (Å²) in [6.45, 7) is 15.3. The van der Waals surface area contributed by atoms with E-state index in [1.54, 1.807) is 0 Å². The highest BCUT2D eigenvalue weighted by Crippen LogP contribution is 2.76. The molecule has 0 spiro atoms. The fraction of sp³-hybridized carbons (Fsp3) is 0.963. The van der Waals surface area contributed by atoms with E-state index in [1.807, 2.05) is 13.8 Å². The molecule has 0 aromatic carbocycles. The van der Waals surface area contributed by atoms with Crippen molar-refractivity contribution in [1.29, 1.82) is 0 Å². The lowest BCUT2D eigenvalue weighted by atomic mass is 9.35. The fourth-order valence-electron chi connectivity index (χ4n) is 16.3. The van der Waals surface area contributed by atoms with E-state index < -0.39 is 166 Å². The van der Waals surface area contributed by atoms with Crippen LogP contribution < -0.4 is 0 Å². The summed E-state index contributed by atoms with van der Waals surface area (Å²) in [6, 6.07) is 0. The van der Waals surface area contributed by atoms with Crippen molar-refractivity contribution in [2.24, 2.45) is 45.3 Å².